The second-order valence-electron chi connectivity index (χ2n) is 4.60. The quantitative estimate of drug-likeness (QED) is 0.310. The average Bonchev–Trinajstić information content (AvgIpc) is 2.46. The van der Waals surface area contributed by atoms with Gasteiger partial charge in [0.2, 0.25) is 11.7 Å². The second-order valence-corrected chi connectivity index (χ2v) is 4.60. The number of nitrogens with one attached hydrogen (secondary N) is 1. The number of carbonyl (C=O) groups excluding carboxylic acids is 1. The molecule has 1 rings (SSSR count). The molecule has 1 heterocycles. The van der Waals surface area contributed by atoms with Gasteiger partial charge in [0, 0.05) is 6.42 Å². The zero-order valence-electron chi connectivity index (χ0n) is 11.3. The number of aliphatic hydroxyl groups is 4. The van der Waals surface area contributed by atoms with E-state index in [4.69, 9.17) is 14.9 Å². The molecule has 0 aromatic rings. The van der Waals surface area contributed by atoms with Gasteiger partial charge in [-0.15, -0.1) is 0 Å². The van der Waals surface area contributed by atoms with Gasteiger partial charge < -0.3 is 35.6 Å². The highest BCUT2D eigenvalue weighted by Crippen LogP contribution is 2.23. The lowest BCUT2D eigenvalue weighted by molar-refractivity contribution is -0.149. The summed E-state index contributed by atoms with van der Waals surface area (Å²) >= 11 is 0. The van der Waals surface area contributed by atoms with Crippen LogP contribution in [-0.4, -0.2) is 74.5 Å². The maximum atomic E-state index is 11.4. The van der Waals surface area contributed by atoms with Crippen LogP contribution >= 0.6 is 0 Å². The molecule has 0 saturated heterocycles. The smallest absolute Gasteiger partial charge is 0.370 e. The first-order valence-corrected chi connectivity index (χ1v) is 6.38. The molecule has 0 saturated carbocycles. The molecule has 0 aromatic carbocycles. The van der Waals surface area contributed by atoms with Crippen LogP contribution in [0.3, 0.4) is 0 Å². The van der Waals surface area contributed by atoms with Crippen LogP contribution in [-0.2, 0) is 14.3 Å². The minimum absolute atomic E-state index is 0.101. The van der Waals surface area contributed by atoms with Gasteiger partial charge in [-0.1, -0.05) is 6.92 Å². The molecule has 120 valence electrons. The van der Waals surface area contributed by atoms with E-state index in [9.17, 15) is 24.9 Å². The molecule has 5 unspecified atom stereocenters. The fraction of sp³-hybridized carbons (Fsp3) is 0.667. The van der Waals surface area contributed by atoms with Crippen molar-refractivity contribution in [3.05, 3.63) is 11.8 Å². The molecular formula is C12H19NO8. The van der Waals surface area contributed by atoms with E-state index in [-0.39, 0.29) is 6.42 Å². The van der Waals surface area contributed by atoms with Crippen molar-refractivity contribution in [2.45, 2.75) is 43.8 Å². The summed E-state index contributed by atoms with van der Waals surface area (Å²) in [6.45, 7) is 0.773. The first-order chi connectivity index (χ1) is 9.81. The molecule has 21 heavy (non-hydrogen) atoms. The van der Waals surface area contributed by atoms with Gasteiger partial charge in [0.05, 0.1) is 12.6 Å². The number of carboxylic acids is 1. The molecule has 1 aliphatic rings. The van der Waals surface area contributed by atoms with Crippen LogP contribution in [0.5, 0.6) is 0 Å². The number of rotatable bonds is 6. The predicted octanol–water partition coefficient (Wildman–Crippen LogP) is -2.68. The number of amides is 1. The van der Waals surface area contributed by atoms with Crippen LogP contribution in [0.25, 0.3) is 0 Å². The molecule has 6 N–H and O–H groups in total. The molecule has 0 bridgehead atoms. The molecule has 0 aromatic heterocycles. The first-order valence-electron chi connectivity index (χ1n) is 6.38. The average molecular weight is 305 g/mol. The SMILES string of the molecule is CCC(=O)NC1C(O)C=C(C(=O)O)OC1C(O)C(O)CO. The van der Waals surface area contributed by atoms with Crippen molar-refractivity contribution in [3.63, 3.8) is 0 Å². The minimum Gasteiger partial charge on any atom is -0.478 e. The molecule has 0 aliphatic carbocycles. The summed E-state index contributed by atoms with van der Waals surface area (Å²) in [5.41, 5.74) is 0. The number of carboxylic acid groups (broad SMARTS) is 1. The molecule has 0 fully saturated rings. The predicted molar refractivity (Wildman–Crippen MR) is 67.9 cm³/mol. The van der Waals surface area contributed by atoms with E-state index in [0.29, 0.717) is 0 Å². The highest BCUT2D eigenvalue weighted by molar-refractivity contribution is 5.84. The van der Waals surface area contributed by atoms with Crippen molar-refractivity contribution < 1.29 is 39.9 Å². The van der Waals surface area contributed by atoms with Crippen molar-refractivity contribution in [1.29, 1.82) is 0 Å². The lowest BCUT2D eigenvalue weighted by Crippen LogP contribution is -2.60. The Kier molecular flexibility index (Phi) is 6.09. The van der Waals surface area contributed by atoms with Crippen molar-refractivity contribution in [1.82, 2.24) is 5.32 Å². The molecule has 5 atom stereocenters. The molecule has 0 radical (unpaired) electrons. The van der Waals surface area contributed by atoms with E-state index in [2.05, 4.69) is 5.32 Å². The summed E-state index contributed by atoms with van der Waals surface area (Å²) in [5, 5.41) is 49.4. The van der Waals surface area contributed by atoms with Gasteiger partial charge in [-0.2, -0.15) is 0 Å². The summed E-state index contributed by atoms with van der Waals surface area (Å²) < 4.78 is 5.03. The summed E-state index contributed by atoms with van der Waals surface area (Å²) in [6, 6.07) is -1.16. The number of aliphatic carboxylic acids is 1. The number of hydrogen-bond donors (Lipinski definition) is 6. The Bertz CT molecular complexity index is 423. The van der Waals surface area contributed by atoms with Gasteiger partial charge in [-0.25, -0.2) is 4.79 Å². The highest BCUT2D eigenvalue weighted by Gasteiger charge is 2.43. The van der Waals surface area contributed by atoms with Crippen LogP contribution in [0.1, 0.15) is 13.3 Å². The van der Waals surface area contributed by atoms with Gasteiger partial charge in [0.15, 0.2) is 6.10 Å². The second kappa shape index (κ2) is 7.36. The monoisotopic (exact) mass is 305 g/mol. The fourth-order valence-electron chi connectivity index (χ4n) is 1.90. The third-order valence-corrected chi connectivity index (χ3v) is 3.08. The molecule has 9 heteroatoms. The van der Waals surface area contributed by atoms with E-state index in [0.717, 1.165) is 6.08 Å². The van der Waals surface area contributed by atoms with Crippen molar-refractivity contribution >= 4 is 11.9 Å². The Balaban J connectivity index is 3.04. The zero-order chi connectivity index (χ0) is 16.2. The van der Waals surface area contributed by atoms with Crippen LogP contribution < -0.4 is 5.32 Å². The van der Waals surface area contributed by atoms with Crippen molar-refractivity contribution in [2.24, 2.45) is 0 Å². The minimum atomic E-state index is -1.70. The molecule has 1 amide bonds. The van der Waals surface area contributed by atoms with Gasteiger partial charge >= 0.3 is 5.97 Å². The Labute approximate surface area is 120 Å². The Hall–Kier alpha value is -1.68. The third-order valence-electron chi connectivity index (χ3n) is 3.08. The van der Waals surface area contributed by atoms with Crippen LogP contribution in [0.15, 0.2) is 11.8 Å². The van der Waals surface area contributed by atoms with Crippen LogP contribution in [0, 0.1) is 0 Å². The van der Waals surface area contributed by atoms with Gasteiger partial charge in [0.25, 0.3) is 0 Å². The lowest BCUT2D eigenvalue weighted by Gasteiger charge is -2.38. The van der Waals surface area contributed by atoms with E-state index in [1.165, 1.54) is 0 Å². The maximum Gasteiger partial charge on any atom is 0.370 e. The maximum absolute atomic E-state index is 11.4. The normalized spacial score (nSPS) is 28.0. The third kappa shape index (κ3) is 4.14. The topological polar surface area (TPSA) is 157 Å². The number of ether oxygens (including phenoxy) is 1. The summed E-state index contributed by atoms with van der Waals surface area (Å²) in [6.07, 6.45) is -5.17. The van der Waals surface area contributed by atoms with E-state index in [1.807, 2.05) is 0 Å². The largest absolute Gasteiger partial charge is 0.478 e. The number of aliphatic hydroxyl groups excluding tert-OH is 4. The summed E-state index contributed by atoms with van der Waals surface area (Å²) in [7, 11) is 0. The number of hydrogen-bond acceptors (Lipinski definition) is 7. The van der Waals surface area contributed by atoms with Crippen molar-refractivity contribution in [2.75, 3.05) is 6.61 Å². The first kappa shape index (κ1) is 17.4. The molecular weight excluding hydrogens is 286 g/mol. The van der Waals surface area contributed by atoms with Crippen LogP contribution in [0.2, 0.25) is 0 Å². The fourth-order valence-corrected chi connectivity index (χ4v) is 1.90. The summed E-state index contributed by atoms with van der Waals surface area (Å²) in [5.74, 6) is -2.53. The molecule has 0 spiro atoms. The van der Waals surface area contributed by atoms with Crippen LogP contribution in [0.4, 0.5) is 0 Å². The molecule has 9 nitrogen and oxygen atoms in total. The van der Waals surface area contributed by atoms with Gasteiger partial charge in [-0.3, -0.25) is 4.79 Å². The lowest BCUT2D eigenvalue weighted by atomic mass is 9.93. The highest BCUT2D eigenvalue weighted by atomic mass is 16.5. The van der Waals surface area contributed by atoms with Gasteiger partial charge in [0.1, 0.15) is 18.3 Å². The zero-order valence-corrected chi connectivity index (χ0v) is 11.3. The Morgan fingerprint density at radius 3 is 2.52 bits per heavy atom. The van der Waals surface area contributed by atoms with E-state index >= 15 is 0 Å². The molecule has 1 aliphatic heterocycles. The summed E-state index contributed by atoms with van der Waals surface area (Å²) in [4.78, 5) is 22.3. The van der Waals surface area contributed by atoms with Gasteiger partial charge in [-0.05, 0) is 6.08 Å². The standard InChI is InChI=1S/C12H19NO8/c1-2-8(17)13-9-5(15)3-7(12(19)20)21-11(9)10(18)6(16)4-14/h3,5-6,9-11,14-16,18H,2,4H2,1H3,(H,13,17)(H,19,20). The Morgan fingerprint density at radius 2 is 2.05 bits per heavy atom. The number of carbonyl (C=O) groups is 2. The van der Waals surface area contributed by atoms with E-state index in [1.54, 1.807) is 6.92 Å². The van der Waals surface area contributed by atoms with Crippen molar-refractivity contribution in [3.8, 4) is 0 Å². The Morgan fingerprint density at radius 1 is 1.43 bits per heavy atom. The van der Waals surface area contributed by atoms with E-state index < -0.39 is 54.7 Å².